The van der Waals surface area contributed by atoms with E-state index in [1.54, 1.807) is 0 Å². The number of nitrogens with zero attached hydrogens (tertiary/aromatic N) is 1. The lowest BCUT2D eigenvalue weighted by molar-refractivity contribution is -0.0499. The maximum atomic E-state index is 6.00. The molecule has 0 bridgehead atoms. The third-order valence-electron chi connectivity index (χ3n) is 4.41. The lowest BCUT2D eigenvalue weighted by Crippen LogP contribution is -2.50. The number of ether oxygens (including phenoxy) is 1. The molecule has 0 aromatic heterocycles. The fourth-order valence-electron chi connectivity index (χ4n) is 3.40. The molecular formula is C17H28N2O. The van der Waals surface area contributed by atoms with E-state index in [0.717, 1.165) is 19.7 Å². The van der Waals surface area contributed by atoms with Gasteiger partial charge in [0.25, 0.3) is 0 Å². The average molecular weight is 276 g/mol. The number of hydrogen-bond donors (Lipinski definition) is 1. The summed E-state index contributed by atoms with van der Waals surface area (Å²) in [6.07, 6.45) is 0.150. The largest absolute Gasteiger partial charge is 0.374 e. The highest BCUT2D eigenvalue weighted by atomic mass is 16.5. The topological polar surface area (TPSA) is 38.5 Å². The lowest BCUT2D eigenvalue weighted by Gasteiger charge is -2.39. The van der Waals surface area contributed by atoms with Gasteiger partial charge in [-0.05, 0) is 51.3 Å². The highest BCUT2D eigenvalue weighted by molar-refractivity contribution is 5.39. The molecule has 1 aromatic carbocycles. The quantitative estimate of drug-likeness (QED) is 0.922. The monoisotopic (exact) mass is 276 g/mol. The van der Waals surface area contributed by atoms with E-state index in [2.05, 4.69) is 44.7 Å². The third-order valence-corrected chi connectivity index (χ3v) is 4.41. The summed E-state index contributed by atoms with van der Waals surface area (Å²) in [5, 5.41) is 0. The summed E-state index contributed by atoms with van der Waals surface area (Å²) in [7, 11) is 0. The molecule has 0 aliphatic carbocycles. The third kappa shape index (κ3) is 3.22. The van der Waals surface area contributed by atoms with Crippen LogP contribution in [0.1, 0.15) is 42.1 Å². The van der Waals surface area contributed by atoms with Gasteiger partial charge in [0.1, 0.15) is 0 Å². The van der Waals surface area contributed by atoms with Gasteiger partial charge in [0, 0.05) is 25.2 Å². The molecule has 2 rings (SSSR count). The van der Waals surface area contributed by atoms with Gasteiger partial charge in [-0.15, -0.1) is 0 Å². The van der Waals surface area contributed by atoms with Crippen molar-refractivity contribution < 1.29 is 4.74 Å². The number of morpholine rings is 1. The minimum absolute atomic E-state index is 0.0882. The Bertz CT molecular complexity index is 447. The zero-order valence-corrected chi connectivity index (χ0v) is 13.4. The molecule has 3 heteroatoms. The molecule has 2 N–H and O–H groups in total. The molecular weight excluding hydrogens is 248 g/mol. The number of rotatable bonds is 3. The molecule has 1 saturated heterocycles. The normalized spacial score (nSPS) is 23.6. The van der Waals surface area contributed by atoms with Gasteiger partial charge in [0.15, 0.2) is 0 Å². The molecule has 1 fully saturated rings. The Morgan fingerprint density at radius 2 is 1.80 bits per heavy atom. The highest BCUT2D eigenvalue weighted by Gasteiger charge is 2.28. The number of nitrogens with two attached hydrogens (primary N) is 1. The van der Waals surface area contributed by atoms with E-state index in [1.807, 2.05) is 6.92 Å². The Balaban J connectivity index is 2.21. The maximum absolute atomic E-state index is 6.00. The average Bonchev–Trinajstić information content (AvgIpc) is 2.37. The van der Waals surface area contributed by atoms with Crippen LogP contribution < -0.4 is 5.73 Å². The maximum Gasteiger partial charge on any atom is 0.0850 e. The number of hydrogen-bond acceptors (Lipinski definition) is 3. The first kappa shape index (κ1) is 15.5. The van der Waals surface area contributed by atoms with Gasteiger partial charge >= 0.3 is 0 Å². The van der Waals surface area contributed by atoms with Crippen molar-refractivity contribution in [1.29, 1.82) is 0 Å². The Labute approximate surface area is 123 Å². The molecule has 1 aliphatic rings. The van der Waals surface area contributed by atoms with Gasteiger partial charge in [-0.25, -0.2) is 0 Å². The molecule has 3 unspecified atom stereocenters. The van der Waals surface area contributed by atoms with E-state index in [9.17, 15) is 0 Å². The second-order valence-corrected chi connectivity index (χ2v) is 6.25. The van der Waals surface area contributed by atoms with Crippen LogP contribution in [-0.2, 0) is 4.74 Å². The van der Waals surface area contributed by atoms with Crippen LogP contribution in [0.15, 0.2) is 12.1 Å². The smallest absolute Gasteiger partial charge is 0.0850 e. The second-order valence-electron chi connectivity index (χ2n) is 6.25. The van der Waals surface area contributed by atoms with E-state index in [4.69, 9.17) is 10.5 Å². The Kier molecular flexibility index (Phi) is 4.84. The SMILES string of the molecule is Cc1cc(C)c(C(C)N2CCOC(C(C)N)C2)c(C)c1. The van der Waals surface area contributed by atoms with Gasteiger partial charge in [0.05, 0.1) is 12.7 Å². The van der Waals surface area contributed by atoms with E-state index < -0.39 is 0 Å². The minimum Gasteiger partial charge on any atom is -0.374 e. The fourth-order valence-corrected chi connectivity index (χ4v) is 3.40. The van der Waals surface area contributed by atoms with Crippen LogP contribution in [0.3, 0.4) is 0 Å². The van der Waals surface area contributed by atoms with Crippen molar-refractivity contribution in [3.63, 3.8) is 0 Å². The zero-order valence-electron chi connectivity index (χ0n) is 13.4. The second kappa shape index (κ2) is 6.25. The van der Waals surface area contributed by atoms with Crippen molar-refractivity contribution in [2.24, 2.45) is 5.73 Å². The van der Waals surface area contributed by atoms with Crippen molar-refractivity contribution in [3.8, 4) is 0 Å². The van der Waals surface area contributed by atoms with Crippen molar-refractivity contribution in [2.75, 3.05) is 19.7 Å². The van der Waals surface area contributed by atoms with Crippen LogP contribution in [0.2, 0.25) is 0 Å². The summed E-state index contributed by atoms with van der Waals surface area (Å²) in [5.74, 6) is 0. The first-order valence-electron chi connectivity index (χ1n) is 7.59. The van der Waals surface area contributed by atoms with Crippen LogP contribution in [-0.4, -0.2) is 36.7 Å². The summed E-state index contributed by atoms with van der Waals surface area (Å²) in [4.78, 5) is 2.50. The molecule has 20 heavy (non-hydrogen) atoms. The Morgan fingerprint density at radius 1 is 1.20 bits per heavy atom. The standard InChI is InChI=1S/C17H28N2O/c1-11-8-12(2)17(13(3)9-11)15(5)19-6-7-20-16(10-19)14(4)18/h8-9,14-16H,6-7,10,18H2,1-5H3. The summed E-state index contributed by atoms with van der Waals surface area (Å²) >= 11 is 0. The van der Waals surface area contributed by atoms with Crippen LogP contribution >= 0.6 is 0 Å². The van der Waals surface area contributed by atoms with Gasteiger partial charge in [0.2, 0.25) is 0 Å². The molecule has 3 atom stereocenters. The summed E-state index contributed by atoms with van der Waals surface area (Å²) in [6.45, 7) is 13.6. The predicted octanol–water partition coefficient (Wildman–Crippen LogP) is 2.72. The van der Waals surface area contributed by atoms with E-state index in [-0.39, 0.29) is 12.1 Å². The van der Waals surface area contributed by atoms with Crippen LogP contribution in [0, 0.1) is 20.8 Å². The summed E-state index contributed by atoms with van der Waals surface area (Å²) < 4.78 is 5.77. The van der Waals surface area contributed by atoms with Crippen LogP contribution in [0.25, 0.3) is 0 Å². The highest BCUT2D eigenvalue weighted by Crippen LogP contribution is 2.29. The van der Waals surface area contributed by atoms with Crippen molar-refractivity contribution in [1.82, 2.24) is 4.90 Å². The molecule has 1 heterocycles. The summed E-state index contributed by atoms with van der Waals surface area (Å²) in [6, 6.07) is 5.07. The van der Waals surface area contributed by atoms with E-state index in [0.29, 0.717) is 6.04 Å². The molecule has 0 amide bonds. The Hall–Kier alpha value is -0.900. The van der Waals surface area contributed by atoms with Crippen molar-refractivity contribution in [3.05, 3.63) is 34.4 Å². The van der Waals surface area contributed by atoms with Crippen molar-refractivity contribution in [2.45, 2.75) is 52.8 Å². The molecule has 1 aliphatic heterocycles. The lowest BCUT2D eigenvalue weighted by atomic mass is 9.93. The molecule has 3 nitrogen and oxygen atoms in total. The zero-order chi connectivity index (χ0) is 14.9. The Morgan fingerprint density at radius 3 is 2.35 bits per heavy atom. The van der Waals surface area contributed by atoms with E-state index in [1.165, 1.54) is 22.3 Å². The number of aryl methyl sites for hydroxylation is 3. The molecule has 1 aromatic rings. The van der Waals surface area contributed by atoms with Crippen LogP contribution in [0.4, 0.5) is 0 Å². The van der Waals surface area contributed by atoms with E-state index >= 15 is 0 Å². The summed E-state index contributed by atoms with van der Waals surface area (Å²) in [5.41, 5.74) is 11.6. The first-order valence-corrected chi connectivity index (χ1v) is 7.59. The fraction of sp³-hybridized carbons (Fsp3) is 0.647. The molecule has 112 valence electrons. The van der Waals surface area contributed by atoms with Gasteiger partial charge in [-0.3, -0.25) is 4.90 Å². The van der Waals surface area contributed by atoms with Gasteiger partial charge in [-0.2, -0.15) is 0 Å². The molecule has 0 radical (unpaired) electrons. The minimum atomic E-state index is 0.0882. The first-order chi connectivity index (χ1) is 9.40. The number of benzene rings is 1. The van der Waals surface area contributed by atoms with Gasteiger partial charge < -0.3 is 10.5 Å². The predicted molar refractivity (Wildman–Crippen MR) is 84.0 cm³/mol. The van der Waals surface area contributed by atoms with Crippen LogP contribution in [0.5, 0.6) is 0 Å². The molecule has 0 saturated carbocycles. The van der Waals surface area contributed by atoms with Gasteiger partial charge in [-0.1, -0.05) is 17.7 Å². The van der Waals surface area contributed by atoms with Crippen molar-refractivity contribution >= 4 is 0 Å². The molecule has 0 spiro atoms.